The summed E-state index contributed by atoms with van der Waals surface area (Å²) in [7, 11) is 1.81. The van der Waals surface area contributed by atoms with E-state index in [9.17, 15) is 0 Å². The van der Waals surface area contributed by atoms with Gasteiger partial charge in [-0.2, -0.15) is 0 Å². The van der Waals surface area contributed by atoms with Crippen molar-refractivity contribution in [1.82, 2.24) is 10.2 Å². The summed E-state index contributed by atoms with van der Waals surface area (Å²) in [5, 5.41) is 3.28. The lowest BCUT2D eigenvalue weighted by molar-refractivity contribution is 0.489. The van der Waals surface area contributed by atoms with Gasteiger partial charge in [-0.3, -0.25) is 0 Å². The third-order valence-corrected chi connectivity index (χ3v) is 1.37. The molecule has 0 aromatic heterocycles. The zero-order valence-electron chi connectivity index (χ0n) is 6.55. The maximum absolute atomic E-state index is 5.70. The van der Waals surface area contributed by atoms with Gasteiger partial charge in [0.2, 0.25) is 0 Å². The number of hydrogen-bond donors (Lipinski definition) is 1. The van der Waals surface area contributed by atoms with Crippen molar-refractivity contribution in [2.75, 3.05) is 13.7 Å². The Hall–Kier alpha value is -0.960. The van der Waals surface area contributed by atoms with E-state index in [0.717, 1.165) is 0 Å². The van der Waals surface area contributed by atoms with Crippen LogP contribution in [0.3, 0.4) is 0 Å². The molecule has 11 heavy (non-hydrogen) atoms. The van der Waals surface area contributed by atoms with Crippen LogP contribution in [0.25, 0.3) is 0 Å². The molecule has 0 heterocycles. The summed E-state index contributed by atoms with van der Waals surface area (Å²) in [5.74, 6) is 0. The first-order chi connectivity index (χ1) is 5.22. The standard InChI is InChI=1S/C7H12ClN3/c1-4-9-6-11(3)7(8)10-5-2/h4-5,9H,1-2,6H2,3H3/b10-7-. The largest absolute Gasteiger partial charge is 0.374 e. The molecule has 0 fully saturated rings. The van der Waals surface area contributed by atoms with Gasteiger partial charge >= 0.3 is 0 Å². The van der Waals surface area contributed by atoms with Gasteiger partial charge in [0.15, 0.2) is 5.29 Å². The predicted molar refractivity (Wildman–Crippen MR) is 49.4 cm³/mol. The minimum Gasteiger partial charge on any atom is -0.374 e. The third-order valence-electron chi connectivity index (χ3n) is 0.986. The molecule has 0 spiro atoms. The molecular formula is C7H12ClN3. The van der Waals surface area contributed by atoms with Crippen molar-refractivity contribution < 1.29 is 0 Å². The monoisotopic (exact) mass is 173 g/mol. The van der Waals surface area contributed by atoms with Crippen LogP contribution < -0.4 is 5.32 Å². The van der Waals surface area contributed by atoms with Gasteiger partial charge in [-0.15, -0.1) is 0 Å². The fraction of sp³-hybridized carbons (Fsp3) is 0.286. The Kier molecular flexibility index (Phi) is 5.29. The molecule has 3 nitrogen and oxygen atoms in total. The van der Waals surface area contributed by atoms with E-state index in [-0.39, 0.29) is 0 Å². The summed E-state index contributed by atoms with van der Waals surface area (Å²) in [4.78, 5) is 5.50. The Morgan fingerprint density at radius 3 is 2.82 bits per heavy atom. The van der Waals surface area contributed by atoms with Crippen molar-refractivity contribution in [3.8, 4) is 0 Å². The minimum atomic E-state index is 0.398. The molecule has 1 N–H and O–H groups in total. The first-order valence-corrected chi connectivity index (χ1v) is 3.49. The van der Waals surface area contributed by atoms with E-state index in [0.29, 0.717) is 12.0 Å². The maximum Gasteiger partial charge on any atom is 0.199 e. The van der Waals surface area contributed by atoms with Crippen LogP contribution in [-0.2, 0) is 0 Å². The lowest BCUT2D eigenvalue weighted by Gasteiger charge is -2.15. The quantitative estimate of drug-likeness (QED) is 0.301. The lowest BCUT2D eigenvalue weighted by atomic mass is 10.8. The highest BCUT2D eigenvalue weighted by molar-refractivity contribution is 6.64. The number of nitrogens with one attached hydrogen (secondary N) is 1. The van der Waals surface area contributed by atoms with Gasteiger partial charge in [0.05, 0.1) is 6.67 Å². The van der Waals surface area contributed by atoms with Gasteiger partial charge in [0, 0.05) is 13.2 Å². The van der Waals surface area contributed by atoms with E-state index in [2.05, 4.69) is 23.5 Å². The van der Waals surface area contributed by atoms with E-state index >= 15 is 0 Å². The highest BCUT2D eigenvalue weighted by atomic mass is 35.5. The molecule has 0 saturated carbocycles. The predicted octanol–water partition coefficient (Wildman–Crippen LogP) is 1.35. The maximum atomic E-state index is 5.70. The van der Waals surface area contributed by atoms with Gasteiger partial charge < -0.3 is 10.2 Å². The van der Waals surface area contributed by atoms with Crippen LogP contribution in [0.1, 0.15) is 0 Å². The summed E-state index contributed by atoms with van der Waals surface area (Å²) < 4.78 is 0. The first kappa shape index (κ1) is 10.0. The van der Waals surface area contributed by atoms with Crippen LogP contribution in [0.15, 0.2) is 30.6 Å². The summed E-state index contributed by atoms with van der Waals surface area (Å²) in [6, 6.07) is 0. The van der Waals surface area contributed by atoms with Crippen LogP contribution in [0.4, 0.5) is 0 Å². The second kappa shape index (κ2) is 5.80. The van der Waals surface area contributed by atoms with Gasteiger partial charge in [-0.05, 0) is 17.8 Å². The molecule has 0 aliphatic rings. The van der Waals surface area contributed by atoms with Crippen LogP contribution in [0, 0.1) is 0 Å². The van der Waals surface area contributed by atoms with Crippen molar-refractivity contribution in [2.45, 2.75) is 0 Å². The number of aliphatic imine (C=N–C) groups is 1. The fourth-order valence-electron chi connectivity index (χ4n) is 0.441. The molecule has 0 unspecified atom stereocenters. The summed E-state index contributed by atoms with van der Waals surface area (Å²) in [5.41, 5.74) is 0. The molecule has 0 aromatic carbocycles. The molecule has 0 rings (SSSR count). The lowest BCUT2D eigenvalue weighted by Crippen LogP contribution is -2.30. The van der Waals surface area contributed by atoms with Crippen molar-refractivity contribution in [1.29, 1.82) is 0 Å². The number of nitrogens with zero attached hydrogens (tertiary/aromatic N) is 2. The Bertz CT molecular complexity index is 165. The fourth-order valence-corrected chi connectivity index (χ4v) is 0.569. The van der Waals surface area contributed by atoms with Crippen LogP contribution in [0.2, 0.25) is 0 Å². The van der Waals surface area contributed by atoms with Gasteiger partial charge in [0.25, 0.3) is 0 Å². The average molecular weight is 174 g/mol. The SMILES string of the molecule is C=C/N=C(/Cl)N(C)CNC=C. The van der Waals surface area contributed by atoms with E-state index in [4.69, 9.17) is 11.6 Å². The number of halogens is 1. The topological polar surface area (TPSA) is 27.6 Å². The Balaban J connectivity index is 3.80. The smallest absolute Gasteiger partial charge is 0.199 e. The Morgan fingerprint density at radius 1 is 1.73 bits per heavy atom. The third kappa shape index (κ3) is 4.44. The number of amidine groups is 1. The van der Waals surface area contributed by atoms with Crippen LogP contribution in [-0.4, -0.2) is 23.9 Å². The van der Waals surface area contributed by atoms with E-state index < -0.39 is 0 Å². The second-order valence-corrected chi connectivity index (χ2v) is 2.18. The van der Waals surface area contributed by atoms with E-state index in [1.807, 2.05) is 7.05 Å². The second-order valence-electron chi connectivity index (χ2n) is 1.85. The molecular weight excluding hydrogens is 162 g/mol. The van der Waals surface area contributed by atoms with Crippen LogP contribution in [0.5, 0.6) is 0 Å². The number of hydrogen-bond acceptors (Lipinski definition) is 2. The molecule has 0 aromatic rings. The van der Waals surface area contributed by atoms with Gasteiger partial charge in [0.1, 0.15) is 0 Å². The van der Waals surface area contributed by atoms with Gasteiger partial charge in [-0.25, -0.2) is 4.99 Å². The number of rotatable bonds is 4. The Morgan fingerprint density at radius 2 is 2.36 bits per heavy atom. The highest BCUT2D eigenvalue weighted by Gasteiger charge is 1.98. The molecule has 0 radical (unpaired) electrons. The molecule has 0 bridgehead atoms. The van der Waals surface area contributed by atoms with Crippen LogP contribution >= 0.6 is 11.6 Å². The van der Waals surface area contributed by atoms with Crippen molar-refractivity contribution in [3.05, 3.63) is 25.6 Å². The average Bonchev–Trinajstić information content (AvgIpc) is 2.00. The van der Waals surface area contributed by atoms with Crippen molar-refractivity contribution in [2.24, 2.45) is 4.99 Å². The normalized spacial score (nSPS) is 10.5. The Labute approximate surface area is 72.1 Å². The molecule has 0 amide bonds. The van der Waals surface area contributed by atoms with Gasteiger partial charge in [-0.1, -0.05) is 13.2 Å². The van der Waals surface area contributed by atoms with Crippen molar-refractivity contribution >= 4 is 16.9 Å². The zero-order valence-corrected chi connectivity index (χ0v) is 7.30. The summed E-state index contributed by atoms with van der Waals surface area (Å²) >= 11 is 5.70. The summed E-state index contributed by atoms with van der Waals surface area (Å²) in [6.07, 6.45) is 2.99. The highest BCUT2D eigenvalue weighted by Crippen LogP contribution is 1.91. The minimum absolute atomic E-state index is 0.398. The molecule has 0 aliphatic carbocycles. The molecule has 4 heteroatoms. The zero-order chi connectivity index (χ0) is 8.69. The summed E-state index contributed by atoms with van der Waals surface area (Å²) in [6.45, 7) is 7.50. The van der Waals surface area contributed by atoms with E-state index in [1.165, 1.54) is 6.20 Å². The molecule has 62 valence electrons. The molecule has 0 atom stereocenters. The van der Waals surface area contributed by atoms with E-state index in [1.54, 1.807) is 11.1 Å². The van der Waals surface area contributed by atoms with Crippen molar-refractivity contribution in [3.63, 3.8) is 0 Å². The molecule has 0 saturated heterocycles. The molecule has 0 aliphatic heterocycles. The first-order valence-electron chi connectivity index (χ1n) is 3.12.